The average Bonchev–Trinajstić information content (AvgIpc) is 3.32. The first-order valence-corrected chi connectivity index (χ1v) is 11.0. The standard InChI is InChI=1S/C27H25NO3/c29-26-21-9-3-5-11-23(21)28(24-12-6-4-10-22(24)26)17-18-13-15-20(16-14-18)25(27(30)31)19-7-1-2-8-19/h3-6,9-16,19,25H,1-2,7-8,17H2,(H,30,31). The van der Waals surface area contributed by atoms with Crippen molar-refractivity contribution in [1.82, 2.24) is 4.57 Å². The van der Waals surface area contributed by atoms with Crippen LogP contribution < -0.4 is 5.43 Å². The van der Waals surface area contributed by atoms with Crippen molar-refractivity contribution < 1.29 is 9.90 Å². The van der Waals surface area contributed by atoms with E-state index in [2.05, 4.69) is 4.57 Å². The number of hydrogen-bond donors (Lipinski definition) is 1. The monoisotopic (exact) mass is 411 g/mol. The molecule has 1 fully saturated rings. The second-order valence-corrected chi connectivity index (χ2v) is 8.55. The molecule has 4 nitrogen and oxygen atoms in total. The van der Waals surface area contributed by atoms with Crippen molar-refractivity contribution in [2.45, 2.75) is 38.1 Å². The van der Waals surface area contributed by atoms with Gasteiger partial charge in [-0.2, -0.15) is 0 Å². The molecule has 3 aromatic carbocycles. The summed E-state index contributed by atoms with van der Waals surface area (Å²) in [7, 11) is 0. The molecule has 4 aromatic rings. The van der Waals surface area contributed by atoms with Crippen LogP contribution in [0.25, 0.3) is 21.8 Å². The van der Waals surface area contributed by atoms with Gasteiger partial charge in [-0.25, -0.2) is 0 Å². The molecule has 0 radical (unpaired) electrons. The van der Waals surface area contributed by atoms with E-state index in [9.17, 15) is 14.7 Å². The molecule has 4 heteroatoms. The number of hydrogen-bond acceptors (Lipinski definition) is 2. The zero-order valence-electron chi connectivity index (χ0n) is 17.3. The fourth-order valence-electron chi connectivity index (χ4n) is 5.17. The number of aromatic nitrogens is 1. The number of carboxylic acid groups (broad SMARTS) is 1. The van der Waals surface area contributed by atoms with Crippen LogP contribution in [0.15, 0.2) is 77.6 Å². The van der Waals surface area contributed by atoms with Crippen molar-refractivity contribution in [1.29, 1.82) is 0 Å². The van der Waals surface area contributed by atoms with Crippen LogP contribution in [0, 0.1) is 5.92 Å². The number of fused-ring (bicyclic) bond motifs is 2. The maximum absolute atomic E-state index is 12.9. The summed E-state index contributed by atoms with van der Waals surface area (Å²) >= 11 is 0. The van der Waals surface area contributed by atoms with Gasteiger partial charge in [0.05, 0.1) is 17.0 Å². The minimum absolute atomic E-state index is 0.0543. The van der Waals surface area contributed by atoms with Gasteiger partial charge in [-0.15, -0.1) is 0 Å². The van der Waals surface area contributed by atoms with Gasteiger partial charge in [-0.05, 0) is 54.2 Å². The highest BCUT2D eigenvalue weighted by atomic mass is 16.4. The van der Waals surface area contributed by atoms with E-state index < -0.39 is 11.9 Å². The summed E-state index contributed by atoms with van der Waals surface area (Å²) in [5.74, 6) is -0.919. The number of pyridine rings is 1. The molecular formula is C27H25NO3. The topological polar surface area (TPSA) is 59.3 Å². The molecule has 1 heterocycles. The summed E-state index contributed by atoms with van der Waals surface area (Å²) in [6.07, 6.45) is 4.24. The summed E-state index contributed by atoms with van der Waals surface area (Å²) in [5.41, 5.74) is 3.84. The summed E-state index contributed by atoms with van der Waals surface area (Å²) < 4.78 is 2.17. The van der Waals surface area contributed by atoms with E-state index in [4.69, 9.17) is 0 Å². The quantitative estimate of drug-likeness (QED) is 0.437. The minimum Gasteiger partial charge on any atom is -0.481 e. The molecule has 1 N–H and O–H groups in total. The van der Waals surface area contributed by atoms with Crippen LogP contribution in [-0.4, -0.2) is 15.6 Å². The molecule has 0 amide bonds. The van der Waals surface area contributed by atoms with Crippen molar-refractivity contribution >= 4 is 27.8 Å². The first-order chi connectivity index (χ1) is 15.1. The Kier molecular flexibility index (Phi) is 5.06. The fourth-order valence-corrected chi connectivity index (χ4v) is 5.17. The van der Waals surface area contributed by atoms with Gasteiger partial charge in [-0.1, -0.05) is 61.4 Å². The van der Waals surface area contributed by atoms with Crippen LogP contribution in [-0.2, 0) is 11.3 Å². The molecule has 1 atom stereocenters. The molecule has 1 aliphatic carbocycles. The van der Waals surface area contributed by atoms with Crippen molar-refractivity contribution in [2.75, 3.05) is 0 Å². The summed E-state index contributed by atoms with van der Waals surface area (Å²) in [5, 5.41) is 11.2. The highest BCUT2D eigenvalue weighted by molar-refractivity contribution is 5.93. The molecule has 31 heavy (non-hydrogen) atoms. The zero-order valence-corrected chi connectivity index (χ0v) is 17.3. The zero-order chi connectivity index (χ0) is 21.4. The van der Waals surface area contributed by atoms with Crippen LogP contribution in [0.2, 0.25) is 0 Å². The van der Waals surface area contributed by atoms with Gasteiger partial charge >= 0.3 is 5.97 Å². The van der Waals surface area contributed by atoms with Crippen LogP contribution in [0.4, 0.5) is 0 Å². The lowest BCUT2D eigenvalue weighted by Crippen LogP contribution is -2.19. The summed E-state index contributed by atoms with van der Waals surface area (Å²) in [6, 6.07) is 23.4. The Morgan fingerprint density at radius 3 is 1.97 bits per heavy atom. The number of para-hydroxylation sites is 2. The first kappa shape index (κ1) is 19.6. The van der Waals surface area contributed by atoms with Gasteiger partial charge in [0.25, 0.3) is 0 Å². The van der Waals surface area contributed by atoms with E-state index in [-0.39, 0.29) is 11.3 Å². The lowest BCUT2D eigenvalue weighted by Gasteiger charge is -2.20. The van der Waals surface area contributed by atoms with E-state index in [0.29, 0.717) is 17.3 Å². The van der Waals surface area contributed by atoms with E-state index in [1.165, 1.54) is 0 Å². The minimum atomic E-state index is -0.725. The SMILES string of the molecule is O=C(O)C(c1ccc(Cn2c3ccccc3c(=O)c3ccccc32)cc1)C1CCCC1. The molecular weight excluding hydrogens is 386 g/mol. The Hall–Kier alpha value is -3.40. The molecule has 1 unspecified atom stereocenters. The highest BCUT2D eigenvalue weighted by Gasteiger charge is 2.31. The number of carbonyl (C=O) groups is 1. The number of carboxylic acids is 1. The second kappa shape index (κ2) is 8.03. The smallest absolute Gasteiger partial charge is 0.311 e. The van der Waals surface area contributed by atoms with E-state index in [0.717, 1.165) is 47.8 Å². The third-order valence-corrected chi connectivity index (χ3v) is 6.70. The normalized spacial score (nSPS) is 15.5. The molecule has 1 saturated carbocycles. The molecule has 0 aliphatic heterocycles. The number of nitrogens with zero attached hydrogens (tertiary/aromatic N) is 1. The Labute approximate surface area is 180 Å². The molecule has 156 valence electrons. The van der Waals surface area contributed by atoms with Crippen molar-refractivity contribution in [3.8, 4) is 0 Å². The van der Waals surface area contributed by atoms with Gasteiger partial charge in [0.15, 0.2) is 5.43 Å². The Morgan fingerprint density at radius 2 is 1.42 bits per heavy atom. The van der Waals surface area contributed by atoms with Crippen LogP contribution >= 0.6 is 0 Å². The first-order valence-electron chi connectivity index (χ1n) is 11.0. The molecule has 0 spiro atoms. The third kappa shape index (κ3) is 3.52. The Bertz CT molecular complexity index is 1250. The third-order valence-electron chi connectivity index (χ3n) is 6.70. The fraction of sp³-hybridized carbons (Fsp3) is 0.259. The Morgan fingerprint density at radius 1 is 0.871 bits per heavy atom. The van der Waals surface area contributed by atoms with Gasteiger partial charge in [0.2, 0.25) is 0 Å². The number of aliphatic carboxylic acids is 1. The van der Waals surface area contributed by atoms with Gasteiger partial charge in [0, 0.05) is 17.3 Å². The van der Waals surface area contributed by atoms with Crippen molar-refractivity contribution in [2.24, 2.45) is 5.92 Å². The second-order valence-electron chi connectivity index (χ2n) is 8.55. The van der Waals surface area contributed by atoms with Crippen LogP contribution in [0.3, 0.4) is 0 Å². The predicted molar refractivity (Wildman–Crippen MR) is 124 cm³/mol. The summed E-state index contributed by atoms with van der Waals surface area (Å²) in [4.78, 5) is 24.9. The number of rotatable bonds is 5. The van der Waals surface area contributed by atoms with E-state index in [1.54, 1.807) is 0 Å². The van der Waals surface area contributed by atoms with Crippen LogP contribution in [0.5, 0.6) is 0 Å². The molecule has 0 bridgehead atoms. The lowest BCUT2D eigenvalue weighted by molar-refractivity contribution is -0.140. The average molecular weight is 412 g/mol. The molecule has 1 aromatic heterocycles. The molecule has 5 rings (SSSR count). The van der Waals surface area contributed by atoms with Gasteiger partial charge in [-0.3, -0.25) is 9.59 Å². The largest absolute Gasteiger partial charge is 0.481 e. The van der Waals surface area contributed by atoms with Crippen LogP contribution in [0.1, 0.15) is 42.7 Å². The van der Waals surface area contributed by atoms with Crippen molar-refractivity contribution in [3.05, 3.63) is 94.1 Å². The van der Waals surface area contributed by atoms with E-state index >= 15 is 0 Å². The maximum atomic E-state index is 12.9. The van der Waals surface area contributed by atoms with Gasteiger partial charge < -0.3 is 9.67 Å². The Balaban J connectivity index is 1.55. The molecule has 0 saturated heterocycles. The van der Waals surface area contributed by atoms with Crippen molar-refractivity contribution in [3.63, 3.8) is 0 Å². The predicted octanol–water partition coefficient (Wildman–Crippen LogP) is 5.56. The summed E-state index contributed by atoms with van der Waals surface area (Å²) in [6.45, 7) is 0.614. The molecule has 1 aliphatic rings. The lowest BCUT2D eigenvalue weighted by atomic mass is 9.84. The maximum Gasteiger partial charge on any atom is 0.311 e. The van der Waals surface area contributed by atoms with Gasteiger partial charge in [0.1, 0.15) is 0 Å². The highest BCUT2D eigenvalue weighted by Crippen LogP contribution is 2.37. The van der Waals surface area contributed by atoms with E-state index in [1.807, 2.05) is 72.8 Å². The number of benzene rings is 3.